The summed E-state index contributed by atoms with van der Waals surface area (Å²) in [6.07, 6.45) is 1.69. The van der Waals surface area contributed by atoms with Crippen molar-refractivity contribution in [1.29, 1.82) is 5.26 Å². The first kappa shape index (κ1) is 12.4. The molecule has 0 aliphatic heterocycles. The van der Waals surface area contributed by atoms with Crippen LogP contribution in [0.15, 0.2) is 42.6 Å². The molecule has 0 amide bonds. The predicted octanol–water partition coefficient (Wildman–Crippen LogP) is 3.24. The van der Waals surface area contributed by atoms with Gasteiger partial charge in [0, 0.05) is 18.6 Å². The highest BCUT2D eigenvalue weighted by atomic mass is 35.5. The maximum absolute atomic E-state index is 8.70. The van der Waals surface area contributed by atoms with Crippen LogP contribution in [0, 0.1) is 11.3 Å². The van der Waals surface area contributed by atoms with E-state index in [0.717, 1.165) is 16.3 Å². The average Bonchev–Trinajstić information content (AvgIpc) is 2.41. The van der Waals surface area contributed by atoms with E-state index in [-0.39, 0.29) is 0 Å². The van der Waals surface area contributed by atoms with E-state index >= 15 is 0 Å². The van der Waals surface area contributed by atoms with Crippen molar-refractivity contribution in [3.8, 4) is 6.07 Å². The number of benzene rings is 1. The number of aromatic nitrogens is 1. The normalized spacial score (nSPS) is 9.83. The second-order valence-electron chi connectivity index (χ2n) is 3.96. The highest BCUT2D eigenvalue weighted by molar-refractivity contribution is 6.31. The van der Waals surface area contributed by atoms with E-state index < -0.39 is 0 Å². The van der Waals surface area contributed by atoms with Crippen LogP contribution in [-0.2, 0) is 6.54 Å². The summed E-state index contributed by atoms with van der Waals surface area (Å²) in [6, 6.07) is 13.3. The van der Waals surface area contributed by atoms with Gasteiger partial charge < -0.3 is 4.90 Å². The van der Waals surface area contributed by atoms with Crippen LogP contribution in [0.25, 0.3) is 0 Å². The molecule has 1 heterocycles. The Balaban J connectivity index is 2.15. The highest BCUT2D eigenvalue weighted by Gasteiger charge is 2.05. The third-order valence-corrected chi connectivity index (χ3v) is 3.04. The summed E-state index contributed by atoms with van der Waals surface area (Å²) in [5, 5.41) is 9.45. The summed E-state index contributed by atoms with van der Waals surface area (Å²) in [4.78, 5) is 6.08. The number of hydrogen-bond acceptors (Lipinski definition) is 3. The van der Waals surface area contributed by atoms with E-state index in [4.69, 9.17) is 16.9 Å². The Bertz CT molecular complexity index is 572. The molecule has 1 aromatic heterocycles. The van der Waals surface area contributed by atoms with Crippen LogP contribution >= 0.6 is 11.6 Å². The van der Waals surface area contributed by atoms with Gasteiger partial charge in [0.15, 0.2) is 0 Å². The van der Waals surface area contributed by atoms with Crippen molar-refractivity contribution in [1.82, 2.24) is 4.98 Å². The number of rotatable bonds is 3. The number of anilines is 1. The Hall–Kier alpha value is -2.05. The molecule has 1 aromatic carbocycles. The van der Waals surface area contributed by atoms with Crippen molar-refractivity contribution in [2.75, 3.05) is 11.9 Å². The van der Waals surface area contributed by atoms with Crippen molar-refractivity contribution < 1.29 is 0 Å². The fourth-order valence-electron chi connectivity index (χ4n) is 1.65. The summed E-state index contributed by atoms with van der Waals surface area (Å²) >= 11 is 6.12. The van der Waals surface area contributed by atoms with E-state index in [1.54, 1.807) is 12.3 Å². The minimum Gasteiger partial charge on any atom is -0.369 e. The van der Waals surface area contributed by atoms with Gasteiger partial charge >= 0.3 is 0 Å². The first-order chi connectivity index (χ1) is 8.70. The summed E-state index contributed by atoms with van der Waals surface area (Å²) in [5.74, 6) is 0. The standard InChI is InChI=1S/C14H12ClN3/c1-18(10-11-4-2-3-5-14(11)15)13-7-6-12(8-16)17-9-13/h2-7,9H,10H2,1H3. The number of pyridine rings is 1. The summed E-state index contributed by atoms with van der Waals surface area (Å²) < 4.78 is 0. The second-order valence-corrected chi connectivity index (χ2v) is 4.37. The van der Waals surface area contributed by atoms with Crippen molar-refractivity contribution in [2.45, 2.75) is 6.54 Å². The SMILES string of the molecule is CN(Cc1ccccc1Cl)c1ccc(C#N)nc1. The van der Waals surface area contributed by atoms with Gasteiger partial charge in [0.25, 0.3) is 0 Å². The third-order valence-electron chi connectivity index (χ3n) is 2.67. The molecule has 0 N–H and O–H groups in total. The van der Waals surface area contributed by atoms with E-state index in [1.165, 1.54) is 0 Å². The lowest BCUT2D eigenvalue weighted by Crippen LogP contribution is -2.16. The molecule has 4 heteroatoms. The molecular weight excluding hydrogens is 246 g/mol. The lowest BCUT2D eigenvalue weighted by Gasteiger charge is -2.19. The molecule has 0 unspecified atom stereocenters. The minimum atomic E-state index is 0.421. The molecule has 0 spiro atoms. The summed E-state index contributed by atoms with van der Waals surface area (Å²) in [7, 11) is 1.96. The minimum absolute atomic E-state index is 0.421. The molecule has 0 radical (unpaired) electrons. The number of halogens is 1. The van der Waals surface area contributed by atoms with Crippen molar-refractivity contribution in [3.63, 3.8) is 0 Å². The largest absolute Gasteiger partial charge is 0.369 e. The first-order valence-electron chi connectivity index (χ1n) is 5.51. The van der Waals surface area contributed by atoms with Gasteiger partial charge in [-0.15, -0.1) is 0 Å². The lowest BCUT2D eigenvalue weighted by molar-refractivity contribution is 0.917. The molecule has 2 rings (SSSR count). The molecule has 0 aliphatic rings. The van der Waals surface area contributed by atoms with E-state index in [1.807, 2.05) is 48.3 Å². The van der Waals surface area contributed by atoms with E-state index in [2.05, 4.69) is 4.98 Å². The second kappa shape index (κ2) is 5.52. The zero-order valence-electron chi connectivity index (χ0n) is 9.97. The van der Waals surface area contributed by atoms with Crippen molar-refractivity contribution >= 4 is 17.3 Å². The van der Waals surface area contributed by atoms with Crippen LogP contribution in [0.2, 0.25) is 5.02 Å². The Kier molecular flexibility index (Phi) is 3.81. The van der Waals surface area contributed by atoms with Gasteiger partial charge in [-0.1, -0.05) is 29.8 Å². The molecule has 0 saturated heterocycles. The van der Waals surface area contributed by atoms with Gasteiger partial charge in [-0.3, -0.25) is 0 Å². The predicted molar refractivity (Wildman–Crippen MR) is 72.5 cm³/mol. The maximum Gasteiger partial charge on any atom is 0.140 e. The van der Waals surface area contributed by atoms with Crippen LogP contribution in [0.1, 0.15) is 11.3 Å². The van der Waals surface area contributed by atoms with E-state index in [9.17, 15) is 0 Å². The molecule has 3 nitrogen and oxygen atoms in total. The molecule has 0 atom stereocenters. The Labute approximate surface area is 111 Å². The van der Waals surface area contributed by atoms with Crippen LogP contribution < -0.4 is 4.90 Å². The first-order valence-corrected chi connectivity index (χ1v) is 5.89. The molecule has 0 aliphatic carbocycles. The van der Waals surface area contributed by atoms with Gasteiger partial charge in [-0.2, -0.15) is 5.26 Å². The van der Waals surface area contributed by atoms with Gasteiger partial charge in [0.2, 0.25) is 0 Å². The fourth-order valence-corrected chi connectivity index (χ4v) is 1.85. The molecular formula is C14H12ClN3. The fraction of sp³-hybridized carbons (Fsp3) is 0.143. The summed E-state index contributed by atoms with van der Waals surface area (Å²) in [5.41, 5.74) is 2.44. The van der Waals surface area contributed by atoms with Crippen molar-refractivity contribution in [2.24, 2.45) is 0 Å². The van der Waals surface area contributed by atoms with Crippen LogP contribution in [-0.4, -0.2) is 12.0 Å². The Morgan fingerprint density at radius 1 is 1.28 bits per heavy atom. The molecule has 18 heavy (non-hydrogen) atoms. The molecule has 0 saturated carbocycles. The number of hydrogen-bond donors (Lipinski definition) is 0. The van der Waals surface area contributed by atoms with Gasteiger partial charge in [-0.05, 0) is 23.8 Å². The number of nitriles is 1. The molecule has 2 aromatic rings. The highest BCUT2D eigenvalue weighted by Crippen LogP contribution is 2.19. The summed E-state index contributed by atoms with van der Waals surface area (Å²) in [6.45, 7) is 0.702. The monoisotopic (exact) mass is 257 g/mol. The van der Waals surface area contributed by atoms with Gasteiger partial charge in [0.1, 0.15) is 11.8 Å². The third kappa shape index (κ3) is 2.79. The Morgan fingerprint density at radius 3 is 2.67 bits per heavy atom. The smallest absolute Gasteiger partial charge is 0.140 e. The van der Waals surface area contributed by atoms with E-state index in [0.29, 0.717) is 12.2 Å². The van der Waals surface area contributed by atoms with Crippen LogP contribution in [0.3, 0.4) is 0 Å². The van der Waals surface area contributed by atoms with Gasteiger partial charge in [0.05, 0.1) is 11.9 Å². The van der Waals surface area contributed by atoms with Crippen molar-refractivity contribution in [3.05, 3.63) is 58.9 Å². The molecule has 0 fully saturated rings. The molecule has 0 bridgehead atoms. The maximum atomic E-state index is 8.70. The zero-order chi connectivity index (χ0) is 13.0. The Morgan fingerprint density at radius 2 is 2.06 bits per heavy atom. The quantitative estimate of drug-likeness (QED) is 0.847. The van der Waals surface area contributed by atoms with Crippen LogP contribution in [0.5, 0.6) is 0 Å². The number of nitrogens with zero attached hydrogens (tertiary/aromatic N) is 3. The molecule has 90 valence electrons. The topological polar surface area (TPSA) is 39.9 Å². The lowest BCUT2D eigenvalue weighted by atomic mass is 10.2. The van der Waals surface area contributed by atoms with Crippen LogP contribution in [0.4, 0.5) is 5.69 Å². The van der Waals surface area contributed by atoms with Gasteiger partial charge in [-0.25, -0.2) is 4.98 Å². The average molecular weight is 258 g/mol. The zero-order valence-corrected chi connectivity index (χ0v) is 10.7.